The normalized spacial score (nSPS) is 18.5. The van der Waals surface area contributed by atoms with Crippen LogP contribution < -0.4 is 0 Å². The van der Waals surface area contributed by atoms with Gasteiger partial charge in [0.05, 0.1) is 29.8 Å². The van der Waals surface area contributed by atoms with Crippen LogP contribution in [-0.4, -0.2) is 104 Å². The zero-order valence-corrected chi connectivity index (χ0v) is 43.4. The minimum absolute atomic E-state index is 0.214. The number of imidazole rings is 2. The van der Waals surface area contributed by atoms with Crippen molar-refractivity contribution in [2.75, 3.05) is 26.3 Å². The maximum Gasteiger partial charge on any atom is 0.410 e. The van der Waals surface area contributed by atoms with Gasteiger partial charge in [0, 0.05) is 71.5 Å². The van der Waals surface area contributed by atoms with Crippen LogP contribution >= 0.6 is 0 Å². The van der Waals surface area contributed by atoms with E-state index >= 15 is 0 Å². The first-order valence-electron chi connectivity index (χ1n) is 23.6. The lowest BCUT2D eigenvalue weighted by Gasteiger charge is -2.46. The van der Waals surface area contributed by atoms with E-state index in [1.54, 1.807) is 4.90 Å². The van der Waals surface area contributed by atoms with Crippen LogP contribution in [0, 0.1) is 5.41 Å². The molecule has 0 unspecified atom stereocenters. The van der Waals surface area contributed by atoms with Crippen LogP contribution in [0.5, 0.6) is 0 Å². The Morgan fingerprint density at radius 3 is 1.89 bits per heavy atom. The number of carbonyl (C=O) groups excluding carboxylic acids is 1. The van der Waals surface area contributed by atoms with Crippen molar-refractivity contribution in [3.63, 3.8) is 0 Å². The first-order chi connectivity index (χ1) is 31.0. The minimum Gasteiger partial charge on any atom is -0.465 e. The molecule has 2 saturated heterocycles. The molecule has 5 aromatic rings. The first kappa shape index (κ1) is 49.0. The predicted molar refractivity (Wildman–Crippen MR) is 266 cm³/mol. The third-order valence-electron chi connectivity index (χ3n) is 12.9. The van der Waals surface area contributed by atoms with E-state index in [0.29, 0.717) is 51.1 Å². The van der Waals surface area contributed by atoms with Gasteiger partial charge in [0.2, 0.25) is 0 Å². The van der Waals surface area contributed by atoms with Crippen molar-refractivity contribution in [2.45, 2.75) is 149 Å². The highest BCUT2D eigenvalue weighted by Gasteiger charge is 2.56. The monoisotopic (exact) mass is 937 g/mol. The molecule has 2 aliphatic heterocycles. The SMILES string of the molecule is CC(C)(C)OC(=O)N1CCC[C@H]1c1ncc(-c2ccc3cc(-c4ncc(-c5cnc([C@@]6(C(C)(C)C)CCCN6C(=O)O)n5COCC[Si](C)(C)C)cn4)ccc3c2)n1COCC[Si](C)(C)C. The van der Waals surface area contributed by atoms with E-state index in [2.05, 4.69) is 95.0 Å². The number of hydrogen-bond donors (Lipinski definition) is 1. The van der Waals surface area contributed by atoms with E-state index in [-0.39, 0.29) is 18.9 Å². The van der Waals surface area contributed by atoms with Gasteiger partial charge in [-0.2, -0.15) is 0 Å². The number of likely N-dealkylation sites (tertiary alicyclic amines) is 2. The van der Waals surface area contributed by atoms with Gasteiger partial charge >= 0.3 is 12.2 Å². The van der Waals surface area contributed by atoms with Crippen molar-refractivity contribution in [3.8, 4) is 33.9 Å². The Hall–Kier alpha value is -4.91. The summed E-state index contributed by atoms with van der Waals surface area (Å²) in [4.78, 5) is 49.2. The Bertz CT molecular complexity index is 2510. The van der Waals surface area contributed by atoms with Gasteiger partial charge in [-0.25, -0.2) is 29.5 Å². The summed E-state index contributed by atoms with van der Waals surface area (Å²) < 4.78 is 22.7. The zero-order valence-electron chi connectivity index (χ0n) is 41.4. The summed E-state index contributed by atoms with van der Waals surface area (Å²) in [7, 11) is -2.65. The van der Waals surface area contributed by atoms with Gasteiger partial charge in [0.15, 0.2) is 5.82 Å². The summed E-state index contributed by atoms with van der Waals surface area (Å²) in [6.45, 7) is 28.9. The fraction of sp³-hybridized carbons (Fsp3) is 0.560. The fourth-order valence-corrected chi connectivity index (χ4v) is 10.8. The molecule has 16 heteroatoms. The molecule has 2 atom stereocenters. The van der Waals surface area contributed by atoms with Crippen molar-refractivity contribution >= 4 is 39.1 Å². The average Bonchev–Trinajstić information content (AvgIpc) is 4.05. The summed E-state index contributed by atoms with van der Waals surface area (Å²) in [5, 5.41) is 12.5. The number of nitrogens with zero attached hydrogens (tertiary/aromatic N) is 8. The molecule has 2 amide bonds. The molecule has 3 aromatic heterocycles. The number of hydrogen-bond acceptors (Lipinski definition) is 9. The van der Waals surface area contributed by atoms with E-state index < -0.39 is 38.8 Å². The molecule has 2 aromatic carbocycles. The smallest absolute Gasteiger partial charge is 0.410 e. The number of carbonyl (C=O) groups is 2. The molecule has 0 aliphatic carbocycles. The highest BCUT2D eigenvalue weighted by atomic mass is 28.3. The lowest BCUT2D eigenvalue weighted by molar-refractivity contribution is 0.00957. The van der Waals surface area contributed by atoms with E-state index in [9.17, 15) is 14.7 Å². The molecule has 66 heavy (non-hydrogen) atoms. The molecule has 5 heterocycles. The Labute approximate surface area is 393 Å². The summed E-state index contributed by atoms with van der Waals surface area (Å²) >= 11 is 0. The van der Waals surface area contributed by atoms with Gasteiger partial charge in [-0.05, 0) is 86.9 Å². The molecular formula is C50H72N8O6Si2. The van der Waals surface area contributed by atoms with Crippen LogP contribution in [-0.2, 0) is 33.2 Å². The Balaban J connectivity index is 1.17. The van der Waals surface area contributed by atoms with Gasteiger partial charge in [0.1, 0.15) is 36.3 Å². The van der Waals surface area contributed by atoms with Crippen molar-refractivity contribution in [2.24, 2.45) is 5.41 Å². The lowest BCUT2D eigenvalue weighted by Crippen LogP contribution is -2.54. The Morgan fingerprint density at radius 2 is 1.30 bits per heavy atom. The maximum atomic E-state index is 13.4. The van der Waals surface area contributed by atoms with Gasteiger partial charge in [0.25, 0.3) is 0 Å². The lowest BCUT2D eigenvalue weighted by atomic mass is 9.71. The standard InChI is InChI=1S/C50H72N8O6Si2/c1-48(2,3)50(20-14-22-58(50)46(59)60)45-54-32-42(57(45)34-63-24-26-66(10,11)12)39-29-51-43(52-30-39)38-19-17-35-27-37(18-16-36(35)28-38)41-31-53-44(56(41)33-62-23-25-65(7,8)9)40-15-13-21-55(40)47(61)64-49(4,5)6/h16-19,27-32,40H,13-15,20-26,33-34H2,1-12H3,(H,59,60)/t40-,50+/m0/s1. The van der Waals surface area contributed by atoms with Crippen molar-refractivity contribution in [1.82, 2.24) is 38.9 Å². The third kappa shape index (κ3) is 10.8. The highest BCUT2D eigenvalue weighted by molar-refractivity contribution is 6.76. The molecule has 2 aliphatic rings. The van der Waals surface area contributed by atoms with Gasteiger partial charge in [-0.3, -0.25) is 9.80 Å². The average molecular weight is 937 g/mol. The van der Waals surface area contributed by atoms with Gasteiger partial charge in [-0.15, -0.1) is 0 Å². The van der Waals surface area contributed by atoms with Crippen LogP contribution in [0.4, 0.5) is 9.59 Å². The van der Waals surface area contributed by atoms with Crippen molar-refractivity contribution in [3.05, 3.63) is 72.8 Å². The van der Waals surface area contributed by atoms with Crippen LogP contribution in [0.25, 0.3) is 44.7 Å². The van der Waals surface area contributed by atoms with Crippen LogP contribution in [0.2, 0.25) is 51.4 Å². The van der Waals surface area contributed by atoms with Gasteiger partial charge < -0.3 is 28.5 Å². The summed E-state index contributed by atoms with van der Waals surface area (Å²) in [5.74, 6) is 2.08. The number of carboxylic acid groups (broad SMARTS) is 1. The molecule has 356 valence electrons. The summed E-state index contributed by atoms with van der Waals surface area (Å²) in [6, 6.07) is 14.5. The molecule has 0 radical (unpaired) electrons. The predicted octanol–water partition coefficient (Wildman–Crippen LogP) is 11.7. The van der Waals surface area contributed by atoms with Crippen LogP contribution in [0.15, 0.2) is 61.2 Å². The fourth-order valence-electron chi connectivity index (χ4n) is 9.31. The minimum atomic E-state index is -1.35. The highest BCUT2D eigenvalue weighted by Crippen LogP contribution is 2.51. The van der Waals surface area contributed by atoms with Crippen molar-refractivity contribution in [1.29, 1.82) is 0 Å². The largest absolute Gasteiger partial charge is 0.465 e. The van der Waals surface area contributed by atoms with E-state index in [1.165, 1.54) is 0 Å². The Kier molecular flexibility index (Phi) is 14.1. The van der Waals surface area contributed by atoms with Crippen LogP contribution in [0.1, 0.15) is 84.9 Å². The topological polar surface area (TPSA) is 150 Å². The molecule has 1 N–H and O–H groups in total. The van der Waals surface area contributed by atoms with Crippen molar-refractivity contribution < 1.29 is 28.9 Å². The zero-order chi connectivity index (χ0) is 47.8. The molecule has 0 spiro atoms. The second kappa shape index (κ2) is 19.0. The number of rotatable bonds is 15. The molecule has 14 nitrogen and oxygen atoms in total. The number of benzene rings is 2. The number of aromatic nitrogens is 6. The molecule has 2 fully saturated rings. The summed E-state index contributed by atoms with van der Waals surface area (Å²) in [6.07, 6.45) is 9.19. The van der Waals surface area contributed by atoms with E-state index in [1.807, 2.05) is 61.1 Å². The maximum absolute atomic E-state index is 13.4. The number of amides is 2. The van der Waals surface area contributed by atoms with E-state index in [0.717, 1.165) is 76.0 Å². The first-order valence-corrected chi connectivity index (χ1v) is 31.0. The number of fused-ring (bicyclic) bond motifs is 1. The second-order valence-electron chi connectivity index (χ2n) is 22.6. The molecule has 0 saturated carbocycles. The molecule has 7 rings (SSSR count). The quantitative estimate of drug-likeness (QED) is 0.0794. The van der Waals surface area contributed by atoms with Crippen LogP contribution in [0.3, 0.4) is 0 Å². The molecule has 0 bridgehead atoms. The Morgan fingerprint density at radius 1 is 0.727 bits per heavy atom. The number of ether oxygens (including phenoxy) is 3. The second-order valence-corrected chi connectivity index (χ2v) is 33.8. The third-order valence-corrected chi connectivity index (χ3v) is 16.3. The summed E-state index contributed by atoms with van der Waals surface area (Å²) in [5.41, 5.74) is 2.49. The molecular weight excluding hydrogens is 865 g/mol. The van der Waals surface area contributed by atoms with E-state index in [4.69, 9.17) is 34.1 Å². The van der Waals surface area contributed by atoms with Gasteiger partial charge in [-0.1, -0.05) is 84.3 Å².